The number of anilines is 1. The Hall–Kier alpha value is -3.11. The lowest BCUT2D eigenvalue weighted by Gasteiger charge is -2.53. The van der Waals surface area contributed by atoms with Crippen LogP contribution >= 0.6 is 12.2 Å². The number of thiocarbonyl (C=S) groups is 1. The predicted octanol–water partition coefficient (Wildman–Crippen LogP) is 6.60. The van der Waals surface area contributed by atoms with Gasteiger partial charge in [0, 0.05) is 23.6 Å². The molecule has 0 aliphatic heterocycles. The molecular weight excluding hydrogens is 512 g/mol. The highest BCUT2D eigenvalue weighted by atomic mass is 32.1. The molecule has 0 amide bonds. The average molecular weight is 536 g/mol. The van der Waals surface area contributed by atoms with Gasteiger partial charge in [0.05, 0.1) is 17.2 Å². The number of fused-ring (bicyclic) bond motifs is 1. The molecule has 0 saturated carbocycles. The van der Waals surface area contributed by atoms with Crippen LogP contribution in [-0.4, -0.2) is 36.2 Å². The largest absolute Gasteiger partial charge is 0.416 e. The number of benzene rings is 3. The lowest BCUT2D eigenvalue weighted by molar-refractivity contribution is -0.143. The van der Waals surface area contributed by atoms with E-state index in [1.165, 1.54) is 11.1 Å². The fraction of sp³-hybridized carbons (Fsp3) is 0.296. The zero-order valence-electron chi connectivity index (χ0n) is 19.8. The molecule has 2 bridgehead atoms. The smallest absolute Gasteiger partial charge is 0.357 e. The average Bonchev–Trinajstić information content (AvgIpc) is 2.82. The van der Waals surface area contributed by atoms with Gasteiger partial charge in [0.1, 0.15) is 0 Å². The maximum absolute atomic E-state index is 13.3. The van der Waals surface area contributed by atoms with Crippen molar-refractivity contribution < 1.29 is 26.3 Å². The Morgan fingerprint density at radius 1 is 0.730 bits per heavy atom. The number of alkyl halides is 6. The van der Waals surface area contributed by atoms with Gasteiger partial charge in [-0.1, -0.05) is 48.5 Å². The Bertz CT molecular complexity index is 1270. The van der Waals surface area contributed by atoms with E-state index in [-0.39, 0.29) is 40.8 Å². The fourth-order valence-corrected chi connectivity index (χ4v) is 6.04. The predicted molar refractivity (Wildman–Crippen MR) is 134 cm³/mol. The van der Waals surface area contributed by atoms with Gasteiger partial charge in [0.15, 0.2) is 5.11 Å². The number of hydrogen-bond donors (Lipinski definition) is 2. The van der Waals surface area contributed by atoms with E-state index in [0.29, 0.717) is 12.1 Å². The van der Waals surface area contributed by atoms with Crippen LogP contribution in [0.25, 0.3) is 0 Å². The van der Waals surface area contributed by atoms with Crippen LogP contribution in [0.3, 0.4) is 0 Å². The molecule has 0 aromatic heterocycles. The molecule has 0 radical (unpaired) electrons. The van der Waals surface area contributed by atoms with E-state index in [0.717, 1.165) is 11.1 Å². The van der Waals surface area contributed by atoms with Gasteiger partial charge in [-0.3, -0.25) is 0 Å². The summed E-state index contributed by atoms with van der Waals surface area (Å²) in [5.41, 5.74) is 1.47. The normalized spacial score (nSPS) is 22.4. The highest BCUT2D eigenvalue weighted by Gasteiger charge is 2.50. The van der Waals surface area contributed by atoms with Crippen LogP contribution in [0.5, 0.6) is 0 Å². The minimum absolute atomic E-state index is 0.0121. The molecule has 2 N–H and O–H groups in total. The first-order valence-electron chi connectivity index (χ1n) is 11.6. The van der Waals surface area contributed by atoms with Crippen LogP contribution < -0.4 is 10.6 Å². The first-order valence-corrected chi connectivity index (χ1v) is 12.0. The van der Waals surface area contributed by atoms with Gasteiger partial charge < -0.3 is 15.5 Å². The number of likely N-dealkylation sites (N-methyl/N-ethyl adjacent to an activating group) is 1. The van der Waals surface area contributed by atoms with Crippen molar-refractivity contribution in [2.75, 3.05) is 19.4 Å². The summed E-state index contributed by atoms with van der Waals surface area (Å²) in [4.78, 5) is 2.08. The Kier molecular flexibility index (Phi) is 6.23. The highest BCUT2D eigenvalue weighted by molar-refractivity contribution is 7.80. The molecular formula is C27H23F6N3S. The zero-order valence-corrected chi connectivity index (χ0v) is 20.6. The Balaban J connectivity index is 1.50. The minimum atomic E-state index is -4.95. The molecule has 0 unspecified atom stereocenters. The van der Waals surface area contributed by atoms with E-state index in [1.54, 1.807) is 0 Å². The van der Waals surface area contributed by atoms with Crippen LogP contribution in [0.2, 0.25) is 0 Å². The summed E-state index contributed by atoms with van der Waals surface area (Å²) >= 11 is 5.44. The Morgan fingerprint density at radius 2 is 1.16 bits per heavy atom. The van der Waals surface area contributed by atoms with E-state index in [9.17, 15) is 26.3 Å². The molecule has 37 heavy (non-hydrogen) atoms. The van der Waals surface area contributed by atoms with Crippen molar-refractivity contribution in [3.05, 3.63) is 100 Å². The summed E-state index contributed by atoms with van der Waals surface area (Å²) in [6, 6.07) is 17.2. The molecule has 3 aromatic carbocycles. The maximum Gasteiger partial charge on any atom is 0.416 e. The van der Waals surface area contributed by atoms with Gasteiger partial charge in [0.25, 0.3) is 0 Å². The van der Waals surface area contributed by atoms with E-state index < -0.39 is 23.5 Å². The molecule has 3 aromatic rings. The molecule has 3 aliphatic carbocycles. The van der Waals surface area contributed by atoms with Crippen LogP contribution in [-0.2, 0) is 12.4 Å². The summed E-state index contributed by atoms with van der Waals surface area (Å²) in [6.07, 6.45) is -9.89. The molecule has 0 heterocycles. The molecule has 3 nitrogen and oxygen atoms in total. The van der Waals surface area contributed by atoms with Crippen molar-refractivity contribution in [3.63, 3.8) is 0 Å². The van der Waals surface area contributed by atoms with E-state index in [2.05, 4.69) is 39.8 Å². The number of halogens is 6. The van der Waals surface area contributed by atoms with Crippen molar-refractivity contribution in [3.8, 4) is 0 Å². The molecule has 0 spiro atoms. The standard InChI is InChI=1S/C27H23F6N3S/c1-36(2)24-22-19-9-5-3-7-17(19)21(18-8-4-6-10-20(18)22)23(24)35-25(37)34-16-12-14(26(28,29)30)11-15(13-16)27(31,32)33/h3-13,21-24H,1-2H3,(H2,34,35,37)/t21?,22?,23-,24+/m0/s1. The van der Waals surface area contributed by atoms with Crippen molar-refractivity contribution >= 4 is 23.0 Å². The monoisotopic (exact) mass is 535 g/mol. The third kappa shape index (κ3) is 4.57. The van der Waals surface area contributed by atoms with Crippen molar-refractivity contribution in [2.45, 2.75) is 36.3 Å². The van der Waals surface area contributed by atoms with Gasteiger partial charge >= 0.3 is 12.4 Å². The van der Waals surface area contributed by atoms with Crippen molar-refractivity contribution in [1.29, 1.82) is 0 Å². The van der Waals surface area contributed by atoms with Crippen LogP contribution in [0.15, 0.2) is 66.7 Å². The van der Waals surface area contributed by atoms with E-state index in [1.807, 2.05) is 38.4 Å². The topological polar surface area (TPSA) is 27.3 Å². The minimum Gasteiger partial charge on any atom is -0.357 e. The van der Waals surface area contributed by atoms with Gasteiger partial charge in [0.2, 0.25) is 0 Å². The summed E-state index contributed by atoms with van der Waals surface area (Å²) in [5.74, 6) is -0.102. The second-order valence-electron chi connectivity index (χ2n) is 9.59. The lowest BCUT2D eigenvalue weighted by Crippen LogP contribution is -2.60. The third-order valence-electron chi connectivity index (χ3n) is 7.14. The number of nitrogens with zero attached hydrogens (tertiary/aromatic N) is 1. The highest BCUT2D eigenvalue weighted by Crippen LogP contribution is 2.53. The molecule has 6 rings (SSSR count). The number of nitrogens with one attached hydrogen (secondary N) is 2. The Labute approximate surface area is 215 Å². The zero-order chi connectivity index (χ0) is 26.7. The SMILES string of the molecule is CN(C)[C@@H]1C2c3ccccc3C(c3ccccc32)[C@@H]1NC(=S)Nc1cc(C(F)(F)F)cc(C(F)(F)F)c1. The first kappa shape index (κ1) is 25.5. The van der Waals surface area contributed by atoms with Crippen LogP contribution in [0.4, 0.5) is 32.0 Å². The molecule has 10 heteroatoms. The summed E-state index contributed by atoms with van der Waals surface area (Å²) in [5, 5.41) is 5.78. The first-order chi connectivity index (χ1) is 17.4. The van der Waals surface area contributed by atoms with E-state index in [4.69, 9.17) is 12.2 Å². The molecule has 194 valence electrons. The molecule has 0 fully saturated rings. The lowest BCUT2D eigenvalue weighted by atomic mass is 9.59. The van der Waals surface area contributed by atoms with E-state index >= 15 is 0 Å². The van der Waals surface area contributed by atoms with Gasteiger partial charge in [-0.05, 0) is 66.8 Å². The second kappa shape index (κ2) is 9.02. The van der Waals surface area contributed by atoms with Crippen LogP contribution in [0.1, 0.15) is 45.2 Å². The van der Waals surface area contributed by atoms with Crippen LogP contribution in [0, 0.1) is 0 Å². The Morgan fingerprint density at radius 3 is 1.57 bits per heavy atom. The van der Waals surface area contributed by atoms with Crippen molar-refractivity contribution in [2.24, 2.45) is 0 Å². The fourth-order valence-electron chi connectivity index (χ4n) is 5.78. The summed E-state index contributed by atoms with van der Waals surface area (Å²) in [6.45, 7) is 0. The second-order valence-corrected chi connectivity index (χ2v) is 9.99. The summed E-state index contributed by atoms with van der Waals surface area (Å²) < 4.78 is 79.9. The van der Waals surface area contributed by atoms with Gasteiger partial charge in [-0.2, -0.15) is 26.3 Å². The number of hydrogen-bond acceptors (Lipinski definition) is 2. The molecule has 3 aliphatic rings. The quantitative estimate of drug-likeness (QED) is 0.292. The van der Waals surface area contributed by atoms with Gasteiger partial charge in [-0.15, -0.1) is 0 Å². The summed E-state index contributed by atoms with van der Waals surface area (Å²) in [7, 11) is 3.90. The van der Waals surface area contributed by atoms with Crippen molar-refractivity contribution in [1.82, 2.24) is 10.2 Å². The molecule has 2 atom stereocenters. The maximum atomic E-state index is 13.3. The number of rotatable bonds is 3. The third-order valence-corrected chi connectivity index (χ3v) is 7.36. The molecule has 0 saturated heterocycles. The van der Waals surface area contributed by atoms with Gasteiger partial charge in [-0.25, -0.2) is 0 Å².